The third-order valence-corrected chi connectivity index (χ3v) is 5.28. The number of nitrogens with one attached hydrogen (secondary N) is 1. The van der Waals surface area contributed by atoms with Gasteiger partial charge in [-0.1, -0.05) is 12.1 Å². The van der Waals surface area contributed by atoms with Gasteiger partial charge in [0.25, 0.3) is 0 Å². The van der Waals surface area contributed by atoms with Crippen molar-refractivity contribution < 1.29 is 14.2 Å². The summed E-state index contributed by atoms with van der Waals surface area (Å²) in [6, 6.07) is 14.0. The van der Waals surface area contributed by atoms with E-state index in [0.29, 0.717) is 0 Å². The van der Waals surface area contributed by atoms with Crippen LogP contribution in [0.5, 0.6) is 17.2 Å². The predicted molar refractivity (Wildman–Crippen MR) is 109 cm³/mol. The highest BCUT2D eigenvalue weighted by Crippen LogP contribution is 2.36. The average Bonchev–Trinajstić information content (AvgIpc) is 3.19. The molecule has 1 N–H and O–H groups in total. The quantitative estimate of drug-likeness (QED) is 0.561. The smallest absolute Gasteiger partial charge is 0.131 e. The highest BCUT2D eigenvalue weighted by atomic mass is 32.1. The van der Waals surface area contributed by atoms with E-state index in [1.807, 2.05) is 36.5 Å². The molecule has 27 heavy (non-hydrogen) atoms. The van der Waals surface area contributed by atoms with Crippen molar-refractivity contribution >= 4 is 11.3 Å². The number of benzene rings is 2. The van der Waals surface area contributed by atoms with E-state index in [4.69, 9.17) is 14.2 Å². The SMILES string of the molecule is COc1ccc(CCNCc2ncc(-c3ccc(OC)cc3OC)s2)cc1. The first kappa shape index (κ1) is 19.2. The van der Waals surface area contributed by atoms with Gasteiger partial charge in [-0.25, -0.2) is 4.98 Å². The lowest BCUT2D eigenvalue weighted by atomic mass is 10.1. The summed E-state index contributed by atoms with van der Waals surface area (Å²) in [5, 5.41) is 4.51. The number of methoxy groups -OCH3 is 3. The second kappa shape index (κ2) is 9.39. The van der Waals surface area contributed by atoms with Crippen LogP contribution in [-0.2, 0) is 13.0 Å². The Kier molecular flexibility index (Phi) is 6.68. The number of hydrogen-bond donors (Lipinski definition) is 1. The van der Waals surface area contributed by atoms with Crippen LogP contribution in [0.25, 0.3) is 10.4 Å². The molecule has 0 atom stereocenters. The summed E-state index contributed by atoms with van der Waals surface area (Å²) >= 11 is 1.67. The van der Waals surface area contributed by atoms with Crippen LogP contribution in [0.4, 0.5) is 0 Å². The van der Waals surface area contributed by atoms with E-state index in [-0.39, 0.29) is 0 Å². The average molecular weight is 385 g/mol. The molecule has 0 amide bonds. The van der Waals surface area contributed by atoms with Crippen LogP contribution >= 0.6 is 11.3 Å². The van der Waals surface area contributed by atoms with Crippen LogP contribution in [-0.4, -0.2) is 32.9 Å². The first-order chi connectivity index (χ1) is 13.2. The lowest BCUT2D eigenvalue weighted by Crippen LogP contribution is -2.16. The third kappa shape index (κ3) is 4.99. The van der Waals surface area contributed by atoms with Crippen molar-refractivity contribution in [3.63, 3.8) is 0 Å². The van der Waals surface area contributed by atoms with Gasteiger partial charge in [0, 0.05) is 24.4 Å². The topological polar surface area (TPSA) is 52.6 Å². The van der Waals surface area contributed by atoms with E-state index in [9.17, 15) is 0 Å². The van der Waals surface area contributed by atoms with E-state index in [2.05, 4.69) is 22.4 Å². The molecular weight excluding hydrogens is 360 g/mol. The lowest BCUT2D eigenvalue weighted by Gasteiger charge is -2.08. The van der Waals surface area contributed by atoms with Gasteiger partial charge < -0.3 is 19.5 Å². The monoisotopic (exact) mass is 384 g/mol. The van der Waals surface area contributed by atoms with Gasteiger partial charge >= 0.3 is 0 Å². The Morgan fingerprint density at radius 2 is 1.67 bits per heavy atom. The number of nitrogens with zero attached hydrogens (tertiary/aromatic N) is 1. The molecule has 0 unspecified atom stereocenters. The molecule has 1 aromatic heterocycles. The standard InChI is InChI=1S/C21H24N2O3S/c1-24-16-6-4-15(5-7-16)10-11-22-14-21-23-13-20(27-21)18-9-8-17(25-2)12-19(18)26-3/h4-9,12-13,22H,10-11,14H2,1-3H3. The molecular formula is C21H24N2O3S. The number of ether oxygens (including phenoxy) is 3. The van der Waals surface area contributed by atoms with Crippen LogP contribution in [0.15, 0.2) is 48.7 Å². The maximum Gasteiger partial charge on any atom is 0.131 e. The summed E-state index contributed by atoms with van der Waals surface area (Å²) in [6.45, 7) is 1.65. The zero-order valence-electron chi connectivity index (χ0n) is 15.8. The van der Waals surface area contributed by atoms with Gasteiger partial charge in [0.05, 0.1) is 26.2 Å². The molecule has 0 bridgehead atoms. The zero-order valence-corrected chi connectivity index (χ0v) is 16.6. The van der Waals surface area contributed by atoms with Crippen molar-refractivity contribution in [3.8, 4) is 27.7 Å². The Balaban J connectivity index is 1.55. The van der Waals surface area contributed by atoms with Crippen LogP contribution < -0.4 is 19.5 Å². The molecule has 5 nitrogen and oxygen atoms in total. The first-order valence-electron chi connectivity index (χ1n) is 8.74. The molecule has 0 aliphatic rings. The van der Waals surface area contributed by atoms with Crippen molar-refractivity contribution in [1.29, 1.82) is 0 Å². The Hall–Kier alpha value is -2.57. The van der Waals surface area contributed by atoms with Crippen LogP contribution in [0.1, 0.15) is 10.6 Å². The minimum absolute atomic E-state index is 0.749. The van der Waals surface area contributed by atoms with Gasteiger partial charge in [-0.05, 0) is 42.8 Å². The van der Waals surface area contributed by atoms with E-state index in [0.717, 1.165) is 52.2 Å². The van der Waals surface area contributed by atoms with E-state index in [1.54, 1.807) is 32.7 Å². The van der Waals surface area contributed by atoms with Crippen molar-refractivity contribution in [1.82, 2.24) is 10.3 Å². The molecule has 2 aromatic carbocycles. The molecule has 0 saturated heterocycles. The van der Waals surface area contributed by atoms with E-state index < -0.39 is 0 Å². The largest absolute Gasteiger partial charge is 0.497 e. The molecule has 0 radical (unpaired) electrons. The van der Waals surface area contributed by atoms with Crippen molar-refractivity contribution in [2.24, 2.45) is 0 Å². The second-order valence-corrected chi connectivity index (χ2v) is 7.07. The van der Waals surface area contributed by atoms with Crippen LogP contribution in [0.2, 0.25) is 0 Å². The van der Waals surface area contributed by atoms with Crippen molar-refractivity contribution in [2.75, 3.05) is 27.9 Å². The molecule has 0 aliphatic carbocycles. The van der Waals surface area contributed by atoms with Gasteiger partial charge in [0.2, 0.25) is 0 Å². The van der Waals surface area contributed by atoms with Crippen LogP contribution in [0, 0.1) is 0 Å². The maximum atomic E-state index is 5.49. The molecule has 0 aliphatic heterocycles. The second-order valence-electron chi connectivity index (χ2n) is 5.96. The minimum atomic E-state index is 0.749. The van der Waals surface area contributed by atoms with E-state index in [1.165, 1.54) is 5.56 Å². The number of hydrogen-bond acceptors (Lipinski definition) is 6. The molecule has 6 heteroatoms. The zero-order chi connectivity index (χ0) is 19.1. The maximum absolute atomic E-state index is 5.49. The normalized spacial score (nSPS) is 10.6. The fraction of sp³-hybridized carbons (Fsp3) is 0.286. The van der Waals surface area contributed by atoms with Crippen LogP contribution in [0.3, 0.4) is 0 Å². The van der Waals surface area contributed by atoms with Crippen molar-refractivity contribution in [2.45, 2.75) is 13.0 Å². The van der Waals surface area contributed by atoms with Gasteiger partial charge in [-0.15, -0.1) is 11.3 Å². The highest BCUT2D eigenvalue weighted by molar-refractivity contribution is 7.15. The number of rotatable bonds is 9. The third-order valence-electron chi connectivity index (χ3n) is 4.25. The van der Waals surface area contributed by atoms with Crippen molar-refractivity contribution in [3.05, 3.63) is 59.2 Å². The number of aromatic nitrogens is 1. The Bertz CT molecular complexity index is 862. The summed E-state index contributed by atoms with van der Waals surface area (Å²) in [6.07, 6.45) is 2.87. The molecule has 0 saturated carbocycles. The summed E-state index contributed by atoms with van der Waals surface area (Å²) in [7, 11) is 5.00. The summed E-state index contributed by atoms with van der Waals surface area (Å²) < 4.78 is 15.9. The Labute approximate surface area is 163 Å². The number of thiazole rings is 1. The molecule has 0 fully saturated rings. The van der Waals surface area contributed by atoms with Gasteiger partial charge in [-0.3, -0.25) is 0 Å². The summed E-state index contributed by atoms with van der Waals surface area (Å²) in [4.78, 5) is 5.62. The molecule has 0 spiro atoms. The predicted octanol–water partition coefficient (Wildman–Crippen LogP) is 4.17. The molecule has 3 rings (SSSR count). The fourth-order valence-electron chi connectivity index (χ4n) is 2.74. The van der Waals surface area contributed by atoms with Gasteiger partial charge in [0.15, 0.2) is 0 Å². The Morgan fingerprint density at radius 1 is 0.926 bits per heavy atom. The fourth-order valence-corrected chi connectivity index (χ4v) is 3.66. The molecule has 3 aromatic rings. The van der Waals surface area contributed by atoms with Gasteiger partial charge in [-0.2, -0.15) is 0 Å². The molecule has 142 valence electrons. The van der Waals surface area contributed by atoms with Gasteiger partial charge in [0.1, 0.15) is 22.3 Å². The summed E-state index contributed by atoms with van der Waals surface area (Å²) in [5.41, 5.74) is 2.31. The minimum Gasteiger partial charge on any atom is -0.497 e. The first-order valence-corrected chi connectivity index (χ1v) is 9.56. The Morgan fingerprint density at radius 3 is 2.37 bits per heavy atom. The van der Waals surface area contributed by atoms with E-state index >= 15 is 0 Å². The molecule has 1 heterocycles. The summed E-state index contributed by atoms with van der Waals surface area (Å²) in [5.74, 6) is 2.45. The highest BCUT2D eigenvalue weighted by Gasteiger charge is 2.11. The lowest BCUT2D eigenvalue weighted by molar-refractivity contribution is 0.395.